The van der Waals surface area contributed by atoms with Crippen LogP contribution in [0.2, 0.25) is 0 Å². The van der Waals surface area contributed by atoms with Gasteiger partial charge in [-0.15, -0.1) is 0 Å². The summed E-state index contributed by atoms with van der Waals surface area (Å²) in [6, 6.07) is 7.29. The number of hydrogen-bond acceptors (Lipinski definition) is 6. The van der Waals surface area contributed by atoms with Gasteiger partial charge in [0, 0.05) is 6.08 Å². The fourth-order valence-electron chi connectivity index (χ4n) is 1.76. The summed E-state index contributed by atoms with van der Waals surface area (Å²) in [6.07, 6.45) is 4.83. The highest BCUT2D eigenvalue weighted by Gasteiger charge is 2.24. The van der Waals surface area contributed by atoms with Crippen LogP contribution in [-0.2, 0) is 19.1 Å². The average Bonchev–Trinajstić information content (AvgIpc) is 2.61. The molecule has 0 radical (unpaired) electrons. The van der Waals surface area contributed by atoms with Gasteiger partial charge in [-0.2, -0.15) is 4.58 Å². The van der Waals surface area contributed by atoms with Gasteiger partial charge in [-0.05, 0) is 23.8 Å². The van der Waals surface area contributed by atoms with Crippen molar-refractivity contribution in [2.75, 3.05) is 28.4 Å². The second-order valence-corrected chi connectivity index (χ2v) is 4.55. The molecule has 0 heterocycles. The van der Waals surface area contributed by atoms with Crippen LogP contribution in [0, 0.1) is 0 Å². The summed E-state index contributed by atoms with van der Waals surface area (Å²) < 4.78 is 15.1. The highest BCUT2D eigenvalue weighted by Crippen LogP contribution is 2.12. The van der Waals surface area contributed by atoms with Gasteiger partial charge in [-0.3, -0.25) is 0 Å². The second-order valence-electron chi connectivity index (χ2n) is 4.55. The van der Waals surface area contributed by atoms with E-state index in [1.165, 1.54) is 17.8 Å². The number of benzene rings is 1. The fourth-order valence-corrected chi connectivity index (χ4v) is 1.76. The minimum Gasteiger partial charge on any atom is -0.863 e. The van der Waals surface area contributed by atoms with E-state index in [0.29, 0.717) is 0 Å². The molecule has 0 unspecified atom stereocenters. The van der Waals surface area contributed by atoms with Gasteiger partial charge in [0.2, 0.25) is 0 Å². The van der Waals surface area contributed by atoms with E-state index < -0.39 is 23.4 Å². The molecule has 0 saturated heterocycles. The van der Waals surface area contributed by atoms with Gasteiger partial charge in [0.1, 0.15) is 12.8 Å². The van der Waals surface area contributed by atoms with Crippen LogP contribution in [0.5, 0.6) is 5.75 Å². The number of carbonyl (C=O) groups is 2. The van der Waals surface area contributed by atoms with Gasteiger partial charge >= 0.3 is 11.9 Å². The van der Waals surface area contributed by atoms with Crippen LogP contribution in [-0.4, -0.2) is 51.1 Å². The Hall–Kier alpha value is -3.09. The van der Waals surface area contributed by atoms with E-state index in [1.807, 2.05) is 12.1 Å². The quantitative estimate of drug-likeness (QED) is 0.245. The summed E-state index contributed by atoms with van der Waals surface area (Å²) in [5, 5.41) is 11.9. The first-order valence-corrected chi connectivity index (χ1v) is 6.91. The van der Waals surface area contributed by atoms with Crippen LogP contribution in [0.1, 0.15) is 5.56 Å². The van der Waals surface area contributed by atoms with Gasteiger partial charge in [-0.25, -0.2) is 9.59 Å². The summed E-state index contributed by atoms with van der Waals surface area (Å²) in [5.74, 6) is -2.42. The number of esters is 2. The molecule has 7 nitrogen and oxygen atoms in total. The third kappa shape index (κ3) is 4.98. The Morgan fingerprint density at radius 2 is 1.62 bits per heavy atom. The maximum atomic E-state index is 11.9. The topological polar surface area (TPSA) is 87.9 Å². The van der Waals surface area contributed by atoms with Gasteiger partial charge in [0.25, 0.3) is 5.70 Å². The lowest BCUT2D eigenvalue weighted by Gasteiger charge is -2.10. The zero-order valence-electron chi connectivity index (χ0n) is 13.9. The highest BCUT2D eigenvalue weighted by molar-refractivity contribution is 5.97. The van der Waals surface area contributed by atoms with Crippen molar-refractivity contribution in [2.45, 2.75) is 0 Å². The zero-order valence-corrected chi connectivity index (χ0v) is 13.9. The van der Waals surface area contributed by atoms with Crippen LogP contribution >= 0.6 is 0 Å². The first-order chi connectivity index (χ1) is 11.4. The third-order valence-electron chi connectivity index (χ3n) is 3.03. The maximum Gasteiger partial charge on any atom is 0.402 e. The molecule has 24 heavy (non-hydrogen) atoms. The van der Waals surface area contributed by atoms with Crippen LogP contribution in [0.4, 0.5) is 0 Å². The van der Waals surface area contributed by atoms with Gasteiger partial charge < -0.3 is 19.3 Å². The number of nitrogens with zero attached hydrogens (tertiary/aromatic N) is 1. The van der Waals surface area contributed by atoms with E-state index in [-0.39, 0.29) is 0 Å². The lowest BCUT2D eigenvalue weighted by atomic mass is 10.2. The molecule has 0 bridgehead atoms. The normalized spacial score (nSPS) is 12.6. The Bertz CT molecular complexity index is 686. The molecular formula is C17H19NO6. The molecule has 0 atom stereocenters. The monoisotopic (exact) mass is 333 g/mol. The van der Waals surface area contributed by atoms with Crippen LogP contribution in [0.25, 0.3) is 6.08 Å². The summed E-state index contributed by atoms with van der Waals surface area (Å²) in [6.45, 7) is 0. The lowest BCUT2D eigenvalue weighted by Crippen LogP contribution is -2.28. The summed E-state index contributed by atoms with van der Waals surface area (Å²) in [7, 11) is 5.21. The van der Waals surface area contributed by atoms with Crippen LogP contribution in [0.15, 0.2) is 41.8 Å². The SMILES string of the molecule is COC(=O)/C([O-])=C(C(=O)OC)/[N+](C)=C\C=C\c1ccc(OC)cc1. The third-order valence-corrected chi connectivity index (χ3v) is 3.03. The summed E-state index contributed by atoms with van der Waals surface area (Å²) in [5.41, 5.74) is 0.447. The highest BCUT2D eigenvalue weighted by atomic mass is 16.5. The molecule has 0 aliphatic carbocycles. The van der Waals surface area contributed by atoms with Crippen molar-refractivity contribution in [1.29, 1.82) is 0 Å². The molecule has 0 N–H and O–H groups in total. The Morgan fingerprint density at radius 1 is 1.04 bits per heavy atom. The van der Waals surface area contributed by atoms with Crippen molar-refractivity contribution in [2.24, 2.45) is 0 Å². The van der Waals surface area contributed by atoms with Crippen molar-refractivity contribution < 1.29 is 33.5 Å². The molecule has 0 aliphatic heterocycles. The number of ether oxygens (including phenoxy) is 3. The number of allylic oxidation sites excluding steroid dienone is 1. The molecule has 7 heteroatoms. The molecule has 0 spiro atoms. The lowest BCUT2D eigenvalue weighted by molar-refractivity contribution is -0.448. The molecule has 0 aromatic heterocycles. The molecule has 0 saturated carbocycles. The van der Waals surface area contributed by atoms with E-state index in [9.17, 15) is 14.7 Å². The Labute approximate surface area is 140 Å². The maximum absolute atomic E-state index is 11.9. The van der Waals surface area contributed by atoms with Crippen molar-refractivity contribution >= 4 is 24.2 Å². The predicted molar refractivity (Wildman–Crippen MR) is 85.3 cm³/mol. The first-order valence-electron chi connectivity index (χ1n) is 6.91. The number of rotatable bonds is 6. The Kier molecular flexibility index (Phi) is 7.22. The summed E-state index contributed by atoms with van der Waals surface area (Å²) >= 11 is 0. The molecular weight excluding hydrogens is 314 g/mol. The predicted octanol–water partition coefficient (Wildman–Crippen LogP) is 0.339. The number of likely N-dealkylation sites (N-methyl/N-ethyl adjacent to an activating group) is 1. The van der Waals surface area contributed by atoms with Crippen LogP contribution < -0.4 is 9.84 Å². The molecule has 1 aromatic carbocycles. The molecule has 1 aromatic rings. The molecule has 1 rings (SSSR count). The minimum atomic E-state index is -1.14. The second kappa shape index (κ2) is 9.14. The summed E-state index contributed by atoms with van der Waals surface area (Å²) in [4.78, 5) is 23.1. The van der Waals surface area contributed by atoms with Crippen LogP contribution in [0.3, 0.4) is 0 Å². The molecule has 0 amide bonds. The van der Waals surface area contributed by atoms with E-state index in [4.69, 9.17) is 4.74 Å². The largest absolute Gasteiger partial charge is 0.863 e. The van der Waals surface area contributed by atoms with E-state index in [0.717, 1.165) is 25.5 Å². The zero-order chi connectivity index (χ0) is 18.1. The molecule has 0 aliphatic rings. The minimum absolute atomic E-state index is 0.441. The molecule has 0 fully saturated rings. The van der Waals surface area contributed by atoms with E-state index >= 15 is 0 Å². The Morgan fingerprint density at radius 3 is 2.12 bits per heavy atom. The van der Waals surface area contributed by atoms with Crippen molar-refractivity contribution in [1.82, 2.24) is 0 Å². The fraction of sp³-hybridized carbons (Fsp3) is 0.235. The van der Waals surface area contributed by atoms with Crippen molar-refractivity contribution in [3.8, 4) is 5.75 Å². The number of carbonyl (C=O) groups excluding carboxylic acids is 2. The smallest absolute Gasteiger partial charge is 0.402 e. The van der Waals surface area contributed by atoms with Gasteiger partial charge in [0.05, 0.1) is 27.1 Å². The number of hydrogen-bond donors (Lipinski definition) is 0. The molecule has 128 valence electrons. The standard InChI is InChI=1S/C17H19NO6/c1-18(14(16(20)23-3)15(19)17(21)24-4)11-5-6-12-7-9-13(22-2)10-8-12/h5-11H,1-4H3/b6-5+,18-11-. The first kappa shape index (κ1) is 19.0. The van der Waals surface area contributed by atoms with E-state index in [2.05, 4.69) is 9.47 Å². The van der Waals surface area contributed by atoms with E-state index in [1.54, 1.807) is 31.4 Å². The Balaban J connectivity index is 3.07. The van der Waals surface area contributed by atoms with Gasteiger partial charge in [0.15, 0.2) is 6.21 Å². The average molecular weight is 333 g/mol. The van der Waals surface area contributed by atoms with Crippen molar-refractivity contribution in [3.05, 3.63) is 47.4 Å². The van der Waals surface area contributed by atoms with Gasteiger partial charge in [-0.1, -0.05) is 12.1 Å². The number of methoxy groups -OCH3 is 3. The van der Waals surface area contributed by atoms with Crippen molar-refractivity contribution in [3.63, 3.8) is 0 Å².